The van der Waals surface area contributed by atoms with E-state index >= 15 is 0 Å². The van der Waals surface area contributed by atoms with E-state index in [0.717, 1.165) is 0 Å². The highest BCUT2D eigenvalue weighted by molar-refractivity contribution is 5.80. The Morgan fingerprint density at radius 1 is 1.58 bits per heavy atom. The summed E-state index contributed by atoms with van der Waals surface area (Å²) in [6.07, 6.45) is 1.35. The van der Waals surface area contributed by atoms with E-state index in [4.69, 9.17) is 5.84 Å². The maximum atomic E-state index is 10.3. The lowest BCUT2D eigenvalue weighted by atomic mass is 10.2. The molecule has 2 N–H and O–H groups in total. The molecule has 0 spiro atoms. The number of nitro groups is 1. The van der Waals surface area contributed by atoms with Gasteiger partial charge in [-0.05, 0) is 0 Å². The molecule has 0 heterocycles. The minimum absolute atomic E-state index is 0.0346. The zero-order valence-corrected chi connectivity index (χ0v) is 6.18. The van der Waals surface area contributed by atoms with Crippen LogP contribution in [0.1, 0.15) is 5.56 Å². The Morgan fingerprint density at radius 2 is 2.33 bits per heavy atom. The van der Waals surface area contributed by atoms with Crippen LogP contribution in [-0.2, 0) is 0 Å². The molecule has 0 unspecified atom stereocenters. The molecule has 0 amide bonds. The van der Waals surface area contributed by atoms with Gasteiger partial charge in [-0.15, -0.1) is 0 Å². The molecule has 0 saturated heterocycles. The Morgan fingerprint density at radius 3 is 2.92 bits per heavy atom. The van der Waals surface area contributed by atoms with Gasteiger partial charge in [-0.3, -0.25) is 10.1 Å². The van der Waals surface area contributed by atoms with Crippen LogP contribution in [0.25, 0.3) is 0 Å². The fourth-order valence-corrected chi connectivity index (χ4v) is 0.805. The summed E-state index contributed by atoms with van der Waals surface area (Å²) in [7, 11) is 0. The van der Waals surface area contributed by atoms with Gasteiger partial charge in [-0.2, -0.15) is 5.10 Å². The van der Waals surface area contributed by atoms with Gasteiger partial charge >= 0.3 is 0 Å². The fourth-order valence-electron chi connectivity index (χ4n) is 0.805. The van der Waals surface area contributed by atoms with Crippen LogP contribution in [0, 0.1) is 10.1 Å². The maximum absolute atomic E-state index is 10.3. The molecule has 1 rings (SSSR count). The molecule has 0 aliphatic rings. The third-order valence-corrected chi connectivity index (χ3v) is 1.30. The average molecular weight is 165 g/mol. The second-order valence-electron chi connectivity index (χ2n) is 2.13. The first-order valence-electron chi connectivity index (χ1n) is 3.22. The predicted molar refractivity (Wildman–Crippen MR) is 44.9 cm³/mol. The number of non-ortho nitro benzene ring substituents is 1. The quantitative estimate of drug-likeness (QED) is 0.305. The highest BCUT2D eigenvalue weighted by Gasteiger charge is 2.03. The Kier molecular flexibility index (Phi) is 2.37. The van der Waals surface area contributed by atoms with Crippen molar-refractivity contribution >= 4 is 11.9 Å². The van der Waals surface area contributed by atoms with Crippen molar-refractivity contribution in [3.8, 4) is 0 Å². The molecule has 1 aromatic carbocycles. The first-order valence-corrected chi connectivity index (χ1v) is 3.22. The first-order chi connectivity index (χ1) is 5.74. The van der Waals surface area contributed by atoms with Crippen LogP contribution in [0.3, 0.4) is 0 Å². The van der Waals surface area contributed by atoms with Gasteiger partial charge in [0.05, 0.1) is 11.1 Å². The first kappa shape index (κ1) is 8.19. The van der Waals surface area contributed by atoms with E-state index in [9.17, 15) is 10.1 Å². The molecular weight excluding hydrogens is 158 g/mol. The maximum Gasteiger partial charge on any atom is 0.270 e. The van der Waals surface area contributed by atoms with Gasteiger partial charge in [0.1, 0.15) is 0 Å². The van der Waals surface area contributed by atoms with Crippen LogP contribution in [0.4, 0.5) is 5.69 Å². The zero-order chi connectivity index (χ0) is 8.97. The zero-order valence-electron chi connectivity index (χ0n) is 6.18. The van der Waals surface area contributed by atoms with Crippen LogP contribution >= 0.6 is 0 Å². The Bertz CT molecular complexity index is 322. The fraction of sp³-hybridized carbons (Fsp3) is 0. The van der Waals surface area contributed by atoms with Gasteiger partial charge in [0.25, 0.3) is 5.69 Å². The van der Waals surface area contributed by atoms with E-state index in [2.05, 4.69) is 5.10 Å². The summed E-state index contributed by atoms with van der Waals surface area (Å²) in [6, 6.07) is 6.07. The van der Waals surface area contributed by atoms with E-state index in [-0.39, 0.29) is 5.69 Å². The predicted octanol–water partition coefficient (Wildman–Crippen LogP) is 0.887. The lowest BCUT2D eigenvalue weighted by Crippen LogP contribution is -1.90. The van der Waals surface area contributed by atoms with Crippen LogP contribution < -0.4 is 5.84 Å². The Labute approximate surface area is 68.7 Å². The van der Waals surface area contributed by atoms with Crippen molar-refractivity contribution in [1.82, 2.24) is 0 Å². The van der Waals surface area contributed by atoms with Gasteiger partial charge in [-0.1, -0.05) is 12.1 Å². The molecule has 0 radical (unpaired) electrons. The number of hydrazone groups is 1. The van der Waals surface area contributed by atoms with Crippen molar-refractivity contribution < 1.29 is 4.92 Å². The highest BCUT2D eigenvalue weighted by atomic mass is 16.6. The summed E-state index contributed by atoms with van der Waals surface area (Å²) in [6.45, 7) is 0. The number of hydrogen-bond donors (Lipinski definition) is 1. The summed E-state index contributed by atoms with van der Waals surface area (Å²) in [4.78, 5) is 9.82. The number of hydrogen-bond acceptors (Lipinski definition) is 4. The minimum atomic E-state index is -0.464. The highest BCUT2D eigenvalue weighted by Crippen LogP contribution is 2.11. The molecule has 0 aliphatic heterocycles. The molecule has 5 nitrogen and oxygen atoms in total. The standard InChI is InChI=1S/C7H7N3O2/c8-9-5-6-2-1-3-7(4-6)10(11)12/h1-5H,8H2. The van der Waals surface area contributed by atoms with Gasteiger partial charge in [0, 0.05) is 17.7 Å². The number of nitro benzene ring substituents is 1. The van der Waals surface area contributed by atoms with Crippen molar-refractivity contribution in [2.75, 3.05) is 0 Å². The largest absolute Gasteiger partial charge is 0.323 e. The van der Waals surface area contributed by atoms with Crippen molar-refractivity contribution in [3.63, 3.8) is 0 Å². The molecule has 0 saturated carbocycles. The number of nitrogens with two attached hydrogens (primary N) is 1. The monoisotopic (exact) mass is 165 g/mol. The lowest BCUT2D eigenvalue weighted by molar-refractivity contribution is -0.384. The van der Waals surface area contributed by atoms with Gasteiger partial charge in [0.15, 0.2) is 0 Å². The topological polar surface area (TPSA) is 81.5 Å². The van der Waals surface area contributed by atoms with Gasteiger partial charge in [-0.25, -0.2) is 0 Å². The van der Waals surface area contributed by atoms with Crippen LogP contribution in [0.2, 0.25) is 0 Å². The third kappa shape index (κ3) is 1.79. The molecular formula is C7H7N3O2. The number of benzene rings is 1. The summed E-state index contributed by atoms with van der Waals surface area (Å²) in [5.41, 5.74) is 0.652. The van der Waals surface area contributed by atoms with E-state index < -0.39 is 4.92 Å². The second-order valence-corrected chi connectivity index (χ2v) is 2.13. The molecule has 0 bridgehead atoms. The normalized spacial score (nSPS) is 10.3. The summed E-state index contributed by atoms with van der Waals surface area (Å²) in [5.74, 6) is 4.89. The van der Waals surface area contributed by atoms with E-state index in [1.165, 1.54) is 18.3 Å². The van der Waals surface area contributed by atoms with E-state index in [1.54, 1.807) is 12.1 Å². The van der Waals surface area contributed by atoms with E-state index in [1.807, 2.05) is 0 Å². The Hall–Kier alpha value is -1.91. The second kappa shape index (κ2) is 3.47. The molecule has 0 aliphatic carbocycles. The summed E-state index contributed by atoms with van der Waals surface area (Å²) >= 11 is 0. The van der Waals surface area contributed by atoms with Crippen LogP contribution in [-0.4, -0.2) is 11.1 Å². The average Bonchev–Trinajstić information content (AvgIpc) is 2.05. The molecule has 0 aromatic heterocycles. The molecule has 62 valence electrons. The molecule has 0 fully saturated rings. The molecule has 5 heteroatoms. The molecule has 12 heavy (non-hydrogen) atoms. The lowest BCUT2D eigenvalue weighted by Gasteiger charge is -1.91. The van der Waals surface area contributed by atoms with Crippen molar-refractivity contribution in [1.29, 1.82) is 0 Å². The van der Waals surface area contributed by atoms with Gasteiger partial charge in [0.2, 0.25) is 0 Å². The van der Waals surface area contributed by atoms with Crippen molar-refractivity contribution in [2.45, 2.75) is 0 Å². The van der Waals surface area contributed by atoms with E-state index in [0.29, 0.717) is 5.56 Å². The smallest absolute Gasteiger partial charge is 0.270 e. The summed E-state index contributed by atoms with van der Waals surface area (Å²) in [5, 5.41) is 13.5. The Balaban J connectivity index is 3.03. The summed E-state index contributed by atoms with van der Waals surface area (Å²) < 4.78 is 0. The van der Waals surface area contributed by atoms with Crippen molar-refractivity contribution in [2.24, 2.45) is 10.9 Å². The number of rotatable bonds is 2. The third-order valence-electron chi connectivity index (χ3n) is 1.30. The van der Waals surface area contributed by atoms with Gasteiger partial charge < -0.3 is 5.84 Å². The SMILES string of the molecule is NN=Cc1cccc([N+](=O)[O-])c1. The van der Waals surface area contributed by atoms with Crippen molar-refractivity contribution in [3.05, 3.63) is 39.9 Å². The van der Waals surface area contributed by atoms with Crippen LogP contribution in [0.5, 0.6) is 0 Å². The minimum Gasteiger partial charge on any atom is -0.323 e. The molecule has 0 atom stereocenters. The number of nitrogens with zero attached hydrogens (tertiary/aromatic N) is 2. The molecule has 1 aromatic rings. The van der Waals surface area contributed by atoms with Crippen LogP contribution in [0.15, 0.2) is 29.4 Å².